The lowest BCUT2D eigenvalue weighted by Crippen LogP contribution is -2.30. The number of likely N-dealkylation sites (tertiary alicyclic amines) is 1. The van der Waals surface area contributed by atoms with Gasteiger partial charge in [-0.15, -0.1) is 10.2 Å². The maximum absolute atomic E-state index is 5.18. The Kier molecular flexibility index (Phi) is 4.76. The molecule has 1 aliphatic rings. The van der Waals surface area contributed by atoms with Gasteiger partial charge in [-0.2, -0.15) is 9.61 Å². The predicted molar refractivity (Wildman–Crippen MR) is 99.7 cm³/mol. The monoisotopic (exact) mass is 355 g/mol. The summed E-state index contributed by atoms with van der Waals surface area (Å²) in [5.41, 5.74) is 1.11. The largest absolute Gasteiger partial charge is 0.497 e. The van der Waals surface area contributed by atoms with Crippen molar-refractivity contribution in [1.82, 2.24) is 24.7 Å². The number of rotatable bonds is 5. The van der Waals surface area contributed by atoms with Crippen LogP contribution in [0.3, 0.4) is 0 Å². The van der Waals surface area contributed by atoms with Crippen molar-refractivity contribution in [3.8, 4) is 5.75 Å². The maximum atomic E-state index is 5.18. The molecular formula is C18H21N5OS. The Bertz CT molecular complexity index is 861. The number of hydrogen-bond acceptors (Lipinski definition) is 6. The van der Waals surface area contributed by atoms with Crippen molar-refractivity contribution < 1.29 is 4.74 Å². The molecule has 0 unspecified atom stereocenters. The number of fused-ring (bicyclic) bond motifs is 1. The molecule has 7 heteroatoms. The molecule has 0 radical (unpaired) electrons. The first kappa shape index (κ1) is 16.2. The summed E-state index contributed by atoms with van der Waals surface area (Å²) in [4.78, 5) is 3.29. The molecule has 130 valence electrons. The first-order chi connectivity index (χ1) is 12.3. The van der Waals surface area contributed by atoms with Crippen LogP contribution in [0.1, 0.15) is 35.7 Å². The van der Waals surface area contributed by atoms with Crippen molar-refractivity contribution in [1.29, 1.82) is 0 Å². The molecule has 0 atom stereocenters. The third kappa shape index (κ3) is 3.72. The Morgan fingerprint density at radius 2 is 1.88 bits per heavy atom. The third-order valence-electron chi connectivity index (χ3n) is 4.42. The lowest BCUT2D eigenvalue weighted by atomic mass is 10.1. The van der Waals surface area contributed by atoms with Gasteiger partial charge in [0.25, 0.3) is 0 Å². The summed E-state index contributed by atoms with van der Waals surface area (Å²) < 4.78 is 7.06. The summed E-state index contributed by atoms with van der Waals surface area (Å²) in [7, 11) is 1.67. The van der Waals surface area contributed by atoms with Crippen LogP contribution in [0.4, 0.5) is 0 Å². The molecule has 0 spiro atoms. The second-order valence-corrected chi connectivity index (χ2v) is 7.18. The lowest BCUT2D eigenvalue weighted by molar-refractivity contribution is 0.214. The van der Waals surface area contributed by atoms with E-state index >= 15 is 0 Å². The van der Waals surface area contributed by atoms with Gasteiger partial charge in [0.1, 0.15) is 10.8 Å². The molecule has 1 aliphatic heterocycles. The Balaban J connectivity index is 1.49. The molecule has 0 saturated carbocycles. The first-order valence-corrected chi connectivity index (χ1v) is 9.39. The highest BCUT2D eigenvalue weighted by molar-refractivity contribution is 7.17. The number of hydrogen-bond donors (Lipinski definition) is 0. The van der Waals surface area contributed by atoms with Crippen molar-refractivity contribution in [2.75, 3.05) is 20.2 Å². The molecule has 1 saturated heterocycles. The van der Waals surface area contributed by atoms with E-state index < -0.39 is 0 Å². The number of aromatic nitrogens is 4. The summed E-state index contributed by atoms with van der Waals surface area (Å²) in [6.45, 7) is 3.11. The summed E-state index contributed by atoms with van der Waals surface area (Å²) in [5.74, 6) is 1.79. The zero-order chi connectivity index (χ0) is 17.1. The van der Waals surface area contributed by atoms with Crippen molar-refractivity contribution in [2.45, 2.75) is 25.8 Å². The first-order valence-electron chi connectivity index (χ1n) is 8.57. The van der Waals surface area contributed by atoms with Gasteiger partial charge in [0.05, 0.1) is 13.7 Å². The highest BCUT2D eigenvalue weighted by Crippen LogP contribution is 2.19. The second kappa shape index (κ2) is 7.33. The number of ether oxygens (including phenoxy) is 1. The van der Waals surface area contributed by atoms with Gasteiger partial charge in [0.2, 0.25) is 4.96 Å². The molecule has 4 rings (SSSR count). The predicted octanol–water partition coefficient (Wildman–Crippen LogP) is 3.35. The molecule has 0 bridgehead atoms. The quantitative estimate of drug-likeness (QED) is 0.702. The topological polar surface area (TPSA) is 55.6 Å². The van der Waals surface area contributed by atoms with Crippen LogP contribution in [-0.2, 0) is 6.54 Å². The van der Waals surface area contributed by atoms with E-state index in [1.54, 1.807) is 18.4 Å². The van der Waals surface area contributed by atoms with Gasteiger partial charge in [-0.25, -0.2) is 0 Å². The fourth-order valence-corrected chi connectivity index (χ4v) is 3.80. The maximum Gasteiger partial charge on any atom is 0.235 e. The van der Waals surface area contributed by atoms with E-state index in [-0.39, 0.29) is 0 Å². The van der Waals surface area contributed by atoms with Gasteiger partial charge < -0.3 is 4.74 Å². The highest BCUT2D eigenvalue weighted by atomic mass is 32.1. The molecule has 0 amide bonds. The second-order valence-electron chi connectivity index (χ2n) is 6.19. The van der Waals surface area contributed by atoms with Gasteiger partial charge in [0, 0.05) is 0 Å². The van der Waals surface area contributed by atoms with Crippen LogP contribution in [0.25, 0.3) is 17.1 Å². The SMILES string of the molecule is COc1ccc(/C=C\c2nn3c(CN4CCCCC4)nnc3s2)cc1. The molecule has 0 N–H and O–H groups in total. The van der Waals surface area contributed by atoms with Crippen molar-refractivity contribution in [3.63, 3.8) is 0 Å². The van der Waals surface area contributed by atoms with Gasteiger partial charge in [-0.1, -0.05) is 36.0 Å². The van der Waals surface area contributed by atoms with Crippen LogP contribution in [0.5, 0.6) is 5.75 Å². The zero-order valence-corrected chi connectivity index (χ0v) is 15.1. The fourth-order valence-electron chi connectivity index (χ4n) is 3.04. The number of benzene rings is 1. The van der Waals surface area contributed by atoms with Crippen LogP contribution in [-0.4, -0.2) is 44.9 Å². The van der Waals surface area contributed by atoms with Gasteiger partial charge in [-0.05, 0) is 49.7 Å². The molecule has 1 fully saturated rings. The van der Waals surface area contributed by atoms with Gasteiger partial charge in [0.15, 0.2) is 5.82 Å². The minimum absolute atomic E-state index is 0.826. The van der Waals surface area contributed by atoms with Gasteiger partial charge in [-0.3, -0.25) is 4.90 Å². The molecule has 1 aromatic carbocycles. The Morgan fingerprint density at radius 1 is 1.08 bits per heavy atom. The summed E-state index contributed by atoms with van der Waals surface area (Å²) in [5, 5.41) is 14.2. The summed E-state index contributed by atoms with van der Waals surface area (Å²) in [6.07, 6.45) is 7.95. The van der Waals surface area contributed by atoms with E-state index in [1.165, 1.54) is 19.3 Å². The van der Waals surface area contributed by atoms with Crippen LogP contribution in [0, 0.1) is 0 Å². The van der Waals surface area contributed by atoms with E-state index in [1.807, 2.05) is 34.9 Å². The average Bonchev–Trinajstić information content (AvgIpc) is 3.23. The van der Waals surface area contributed by atoms with E-state index in [9.17, 15) is 0 Å². The van der Waals surface area contributed by atoms with Crippen molar-refractivity contribution >= 4 is 28.4 Å². The van der Waals surface area contributed by atoms with E-state index in [4.69, 9.17) is 4.74 Å². The third-order valence-corrected chi connectivity index (χ3v) is 5.28. The number of nitrogens with zero attached hydrogens (tertiary/aromatic N) is 5. The average molecular weight is 355 g/mol. The molecular weight excluding hydrogens is 334 g/mol. The van der Waals surface area contributed by atoms with Crippen LogP contribution < -0.4 is 4.74 Å². The standard InChI is InChI=1S/C18H21N5OS/c1-24-15-8-5-14(6-9-15)7-10-17-21-23-16(19-20-18(23)25-17)13-22-11-3-2-4-12-22/h5-10H,2-4,11-13H2,1H3/b10-7-. The molecule has 2 aromatic heterocycles. The van der Waals surface area contributed by atoms with Crippen LogP contribution >= 0.6 is 11.3 Å². The highest BCUT2D eigenvalue weighted by Gasteiger charge is 2.16. The van der Waals surface area contributed by atoms with E-state index in [0.717, 1.165) is 46.7 Å². The molecule has 3 heterocycles. The fraction of sp³-hybridized carbons (Fsp3) is 0.389. The Labute approximate surface area is 150 Å². The Morgan fingerprint density at radius 3 is 2.64 bits per heavy atom. The normalized spacial score (nSPS) is 16.0. The lowest BCUT2D eigenvalue weighted by Gasteiger charge is -2.25. The number of methoxy groups -OCH3 is 1. The summed E-state index contributed by atoms with van der Waals surface area (Å²) >= 11 is 1.56. The molecule has 6 nitrogen and oxygen atoms in total. The smallest absolute Gasteiger partial charge is 0.235 e. The molecule has 0 aliphatic carbocycles. The Hall–Kier alpha value is -2.25. The minimum Gasteiger partial charge on any atom is -0.497 e. The zero-order valence-electron chi connectivity index (χ0n) is 14.3. The van der Waals surface area contributed by atoms with Crippen molar-refractivity contribution in [3.05, 3.63) is 40.7 Å². The summed E-state index contributed by atoms with van der Waals surface area (Å²) in [6, 6.07) is 7.96. The van der Waals surface area contributed by atoms with Gasteiger partial charge >= 0.3 is 0 Å². The van der Waals surface area contributed by atoms with Crippen LogP contribution in [0.2, 0.25) is 0 Å². The van der Waals surface area contributed by atoms with E-state index in [2.05, 4.69) is 26.3 Å². The number of piperidine rings is 1. The van der Waals surface area contributed by atoms with Crippen LogP contribution in [0.15, 0.2) is 24.3 Å². The molecule has 25 heavy (non-hydrogen) atoms. The van der Waals surface area contributed by atoms with Crippen molar-refractivity contribution in [2.24, 2.45) is 0 Å². The molecule has 3 aromatic rings. The van der Waals surface area contributed by atoms with E-state index in [0.29, 0.717) is 0 Å². The minimum atomic E-state index is 0.826.